The van der Waals surface area contributed by atoms with Crippen molar-refractivity contribution >= 4 is 27.5 Å². The zero-order chi connectivity index (χ0) is 16.0. The number of esters is 1. The van der Waals surface area contributed by atoms with Crippen molar-refractivity contribution in [3.63, 3.8) is 0 Å². The summed E-state index contributed by atoms with van der Waals surface area (Å²) in [4.78, 5) is 22.7. The molecule has 21 heavy (non-hydrogen) atoms. The Hall–Kier alpha value is -2.13. The molecule has 114 valence electrons. The van der Waals surface area contributed by atoms with Gasteiger partial charge in [0.15, 0.2) is 5.78 Å². The highest BCUT2D eigenvalue weighted by Gasteiger charge is 2.24. The molecule has 0 aliphatic carbocycles. The molecule has 2 N–H and O–H groups in total. The maximum absolute atomic E-state index is 11.5. The number of primary sulfonamides is 1. The molecular formula is C12H15N3O5S. The van der Waals surface area contributed by atoms with Gasteiger partial charge in [-0.25, -0.2) is 18.4 Å². The van der Waals surface area contributed by atoms with Crippen LogP contribution in [-0.2, 0) is 24.3 Å². The largest absolute Gasteiger partial charge is 0.464 e. The summed E-state index contributed by atoms with van der Waals surface area (Å²) < 4.78 is 26.9. The molecule has 0 amide bonds. The molecule has 1 aromatic rings. The summed E-state index contributed by atoms with van der Waals surface area (Å²) in [6, 6.07) is 3.87. The third-order valence-electron chi connectivity index (χ3n) is 2.35. The van der Waals surface area contributed by atoms with E-state index in [1.54, 1.807) is 6.92 Å². The van der Waals surface area contributed by atoms with E-state index in [1.807, 2.05) is 0 Å². The molecule has 9 heteroatoms. The molecule has 0 bridgehead atoms. The molecule has 8 nitrogen and oxygen atoms in total. The first-order valence-corrected chi connectivity index (χ1v) is 7.51. The van der Waals surface area contributed by atoms with Crippen LogP contribution in [-0.4, -0.2) is 32.8 Å². The van der Waals surface area contributed by atoms with Crippen molar-refractivity contribution < 1.29 is 22.7 Å². The lowest BCUT2D eigenvalue weighted by molar-refractivity contribution is -0.147. The van der Waals surface area contributed by atoms with Gasteiger partial charge in [-0.1, -0.05) is 0 Å². The maximum Gasteiger partial charge on any atom is 0.340 e. The van der Waals surface area contributed by atoms with Crippen molar-refractivity contribution in [1.82, 2.24) is 0 Å². The van der Waals surface area contributed by atoms with Crippen LogP contribution in [0, 0.1) is 0 Å². The monoisotopic (exact) mass is 313 g/mol. The number of rotatable bonds is 6. The average molecular weight is 313 g/mol. The Bertz CT molecular complexity index is 652. The minimum atomic E-state index is -3.79. The molecule has 0 saturated carbocycles. The topological polar surface area (TPSA) is 128 Å². The molecule has 0 aromatic heterocycles. The van der Waals surface area contributed by atoms with Crippen LogP contribution in [0.5, 0.6) is 0 Å². The van der Waals surface area contributed by atoms with Gasteiger partial charge in [0.1, 0.15) is 0 Å². The molecule has 0 fully saturated rings. The van der Waals surface area contributed by atoms with Gasteiger partial charge >= 0.3 is 5.97 Å². The van der Waals surface area contributed by atoms with E-state index in [0.717, 1.165) is 0 Å². The lowest BCUT2D eigenvalue weighted by Gasteiger charge is -2.06. The number of carbonyl (C=O) groups is 2. The molecule has 0 heterocycles. The van der Waals surface area contributed by atoms with Gasteiger partial charge in [0.05, 0.1) is 17.2 Å². The number of nitrogens with two attached hydrogens (primary N) is 1. The molecule has 1 atom stereocenters. The molecule has 1 rings (SSSR count). The first kappa shape index (κ1) is 16.9. The summed E-state index contributed by atoms with van der Waals surface area (Å²) in [5, 5.41) is 12.3. The van der Waals surface area contributed by atoms with Crippen molar-refractivity contribution in [2.75, 3.05) is 6.61 Å². The van der Waals surface area contributed by atoms with E-state index in [-0.39, 0.29) is 17.2 Å². The summed E-state index contributed by atoms with van der Waals surface area (Å²) >= 11 is 0. The Morgan fingerprint density at radius 2 is 1.86 bits per heavy atom. The smallest absolute Gasteiger partial charge is 0.340 e. The number of sulfonamides is 1. The van der Waals surface area contributed by atoms with Crippen LogP contribution in [0.15, 0.2) is 39.4 Å². The predicted octanol–water partition coefficient (Wildman–Crippen LogP) is 0.938. The number of carbonyl (C=O) groups excluding carboxylic acids is 2. The molecule has 0 saturated heterocycles. The second-order valence-corrected chi connectivity index (χ2v) is 5.58. The molecule has 0 aliphatic heterocycles. The Morgan fingerprint density at radius 1 is 1.29 bits per heavy atom. The first-order chi connectivity index (χ1) is 9.75. The highest BCUT2D eigenvalue weighted by molar-refractivity contribution is 7.89. The highest BCUT2D eigenvalue weighted by Crippen LogP contribution is 2.16. The second-order valence-electron chi connectivity index (χ2n) is 4.02. The van der Waals surface area contributed by atoms with Crippen LogP contribution in [0.3, 0.4) is 0 Å². The normalized spacial score (nSPS) is 13.1. The number of Topliss-reactive ketones (excluding diaryl/α,β-unsaturated/α-hetero) is 1. The second kappa shape index (κ2) is 7.04. The Kier molecular flexibility index (Phi) is 5.68. The van der Waals surface area contributed by atoms with Gasteiger partial charge in [0.2, 0.25) is 16.1 Å². The fourth-order valence-electron chi connectivity index (χ4n) is 1.34. The quantitative estimate of drug-likeness (QED) is 0.474. The van der Waals surface area contributed by atoms with Gasteiger partial charge in [-0.3, -0.25) is 4.79 Å². The van der Waals surface area contributed by atoms with Crippen molar-refractivity contribution in [2.45, 2.75) is 24.8 Å². The van der Waals surface area contributed by atoms with Crippen LogP contribution in [0.25, 0.3) is 0 Å². The van der Waals surface area contributed by atoms with E-state index in [1.165, 1.54) is 31.2 Å². The minimum absolute atomic E-state index is 0.0741. The number of benzene rings is 1. The van der Waals surface area contributed by atoms with E-state index in [0.29, 0.717) is 0 Å². The summed E-state index contributed by atoms with van der Waals surface area (Å²) in [5.41, 5.74) is 0.276. The number of ether oxygens (including phenoxy) is 1. The maximum atomic E-state index is 11.5. The van der Waals surface area contributed by atoms with Crippen LogP contribution >= 0.6 is 0 Å². The third-order valence-corrected chi connectivity index (χ3v) is 3.28. The van der Waals surface area contributed by atoms with Gasteiger partial charge in [0, 0.05) is 0 Å². The Morgan fingerprint density at radius 3 is 2.29 bits per heavy atom. The van der Waals surface area contributed by atoms with Crippen molar-refractivity contribution in [3.8, 4) is 0 Å². The average Bonchev–Trinajstić information content (AvgIpc) is 2.38. The first-order valence-electron chi connectivity index (χ1n) is 5.96. The van der Waals surface area contributed by atoms with E-state index in [9.17, 15) is 18.0 Å². The molecule has 1 unspecified atom stereocenters. The summed E-state index contributed by atoms with van der Waals surface area (Å²) in [7, 11) is -3.79. The predicted molar refractivity (Wildman–Crippen MR) is 73.4 cm³/mol. The van der Waals surface area contributed by atoms with E-state index < -0.39 is 27.8 Å². The van der Waals surface area contributed by atoms with Crippen molar-refractivity contribution in [1.29, 1.82) is 0 Å². The van der Waals surface area contributed by atoms with Gasteiger partial charge in [-0.05, 0) is 38.1 Å². The summed E-state index contributed by atoms with van der Waals surface area (Å²) in [6.07, 6.45) is 0. The van der Waals surface area contributed by atoms with E-state index in [2.05, 4.69) is 10.2 Å². The highest BCUT2D eigenvalue weighted by atomic mass is 32.2. The van der Waals surface area contributed by atoms with Crippen molar-refractivity contribution in [3.05, 3.63) is 24.3 Å². The van der Waals surface area contributed by atoms with Crippen LogP contribution in [0.4, 0.5) is 5.69 Å². The van der Waals surface area contributed by atoms with Crippen LogP contribution in [0.1, 0.15) is 13.8 Å². The zero-order valence-corrected chi connectivity index (χ0v) is 12.3. The fraction of sp³-hybridized carbons (Fsp3) is 0.333. The SMILES string of the molecule is CCOC(=O)C(N=Nc1ccc(S(N)(=O)=O)cc1)C(C)=O. The Labute approximate surface area is 122 Å². The van der Waals surface area contributed by atoms with Gasteiger partial charge in [0.25, 0.3) is 0 Å². The third kappa shape index (κ3) is 5.04. The van der Waals surface area contributed by atoms with E-state index in [4.69, 9.17) is 9.88 Å². The molecule has 0 aliphatic rings. The Balaban J connectivity index is 2.92. The lowest BCUT2D eigenvalue weighted by atomic mass is 10.2. The molecule has 0 radical (unpaired) electrons. The summed E-state index contributed by atoms with van der Waals surface area (Å²) in [5.74, 6) is -1.28. The molecule has 1 aromatic carbocycles. The number of nitrogens with zero attached hydrogens (tertiary/aromatic N) is 2. The number of ketones is 1. The van der Waals surface area contributed by atoms with Crippen LogP contribution < -0.4 is 5.14 Å². The van der Waals surface area contributed by atoms with Gasteiger partial charge in [-0.15, -0.1) is 0 Å². The fourth-order valence-corrected chi connectivity index (χ4v) is 1.86. The van der Waals surface area contributed by atoms with Gasteiger partial charge in [-0.2, -0.15) is 10.2 Å². The molecular weight excluding hydrogens is 298 g/mol. The van der Waals surface area contributed by atoms with Crippen LogP contribution in [0.2, 0.25) is 0 Å². The zero-order valence-electron chi connectivity index (χ0n) is 11.5. The standard InChI is InChI=1S/C12H15N3O5S/c1-3-20-12(17)11(8(2)16)15-14-9-4-6-10(7-5-9)21(13,18)19/h4-7,11H,3H2,1-2H3,(H2,13,18,19). The number of azo groups is 1. The lowest BCUT2D eigenvalue weighted by Crippen LogP contribution is -2.28. The molecule has 0 spiro atoms. The van der Waals surface area contributed by atoms with Gasteiger partial charge < -0.3 is 4.74 Å². The summed E-state index contributed by atoms with van der Waals surface area (Å²) in [6.45, 7) is 2.93. The number of hydrogen-bond donors (Lipinski definition) is 1. The number of hydrogen-bond acceptors (Lipinski definition) is 7. The van der Waals surface area contributed by atoms with Crippen molar-refractivity contribution in [2.24, 2.45) is 15.4 Å². The van der Waals surface area contributed by atoms with E-state index >= 15 is 0 Å². The minimum Gasteiger partial charge on any atom is -0.464 e.